The molecule has 0 aliphatic rings. The van der Waals surface area contributed by atoms with Gasteiger partial charge in [-0.3, -0.25) is 9.59 Å². The van der Waals surface area contributed by atoms with Gasteiger partial charge in [0.2, 0.25) is 0 Å². The summed E-state index contributed by atoms with van der Waals surface area (Å²) in [6.45, 7) is 14.9. The maximum atomic E-state index is 10.3. The Labute approximate surface area is 132 Å². The van der Waals surface area contributed by atoms with Crippen molar-refractivity contribution in [3.63, 3.8) is 0 Å². The van der Waals surface area contributed by atoms with Gasteiger partial charge in [-0.1, -0.05) is 42.5 Å². The zero-order valence-electron chi connectivity index (χ0n) is 15.1. The van der Waals surface area contributed by atoms with Gasteiger partial charge in [-0.2, -0.15) is 0 Å². The molecule has 0 saturated heterocycles. The van der Waals surface area contributed by atoms with E-state index in [2.05, 4.69) is 0 Å². The van der Waals surface area contributed by atoms with E-state index in [1.807, 2.05) is 78.0 Å². The van der Waals surface area contributed by atoms with Gasteiger partial charge in [-0.25, -0.2) is 0 Å². The normalized spacial score (nSPS) is 9.71. The summed E-state index contributed by atoms with van der Waals surface area (Å²) in [5.41, 5.74) is 0. The van der Waals surface area contributed by atoms with E-state index in [9.17, 15) is 9.59 Å². The Morgan fingerprint density at radius 3 is 1.10 bits per heavy atom. The third-order valence-electron chi connectivity index (χ3n) is 1.76. The second-order valence-corrected chi connectivity index (χ2v) is 3.92. The summed E-state index contributed by atoms with van der Waals surface area (Å²) < 4.78 is 0. The van der Waals surface area contributed by atoms with Crippen molar-refractivity contribution in [2.24, 2.45) is 0 Å². The van der Waals surface area contributed by atoms with Gasteiger partial charge in [0, 0.05) is 6.42 Å². The van der Waals surface area contributed by atoms with E-state index in [-0.39, 0.29) is 11.6 Å². The molecule has 122 valence electrons. The predicted octanol–water partition coefficient (Wildman–Crippen LogP) is 5.86. The molecule has 0 spiro atoms. The molecule has 21 heavy (non-hydrogen) atoms. The first-order valence-corrected chi connectivity index (χ1v) is 7.26. The van der Waals surface area contributed by atoms with Gasteiger partial charge >= 0.3 is 0 Å². The molecule has 2 heteroatoms. The van der Waals surface area contributed by atoms with Crippen LogP contribution in [-0.2, 0) is 9.59 Å². The summed E-state index contributed by atoms with van der Waals surface area (Å²) >= 11 is 0. The number of rotatable bonds is 3. The highest BCUT2D eigenvalue weighted by atomic mass is 16.1. The van der Waals surface area contributed by atoms with Crippen molar-refractivity contribution >= 4 is 11.6 Å². The zero-order valence-corrected chi connectivity index (χ0v) is 15.1. The van der Waals surface area contributed by atoms with Gasteiger partial charge in [0.25, 0.3) is 0 Å². The first kappa shape index (κ1) is 27.6. The van der Waals surface area contributed by atoms with E-state index in [1.165, 1.54) is 19.9 Å². The number of hydrogen-bond donors (Lipinski definition) is 0. The molecule has 0 bridgehead atoms. The van der Waals surface area contributed by atoms with Crippen molar-refractivity contribution in [3.8, 4) is 0 Å². The number of carbonyl (C=O) groups is 2. The van der Waals surface area contributed by atoms with E-state index < -0.39 is 0 Å². The SMILES string of the molecule is C/C=C\C.C/C=C\C.C/C=C\C.CC(=O)/C=C/CC(C)=O. The van der Waals surface area contributed by atoms with Crippen LogP contribution in [0.4, 0.5) is 0 Å². The number of carbonyl (C=O) groups excluding carboxylic acids is 2. The second-order valence-electron chi connectivity index (χ2n) is 3.92. The summed E-state index contributed by atoms with van der Waals surface area (Å²) in [7, 11) is 0. The Morgan fingerprint density at radius 1 is 0.667 bits per heavy atom. The van der Waals surface area contributed by atoms with Crippen molar-refractivity contribution in [2.75, 3.05) is 0 Å². The molecule has 0 unspecified atom stereocenters. The number of hydrogen-bond acceptors (Lipinski definition) is 2. The first-order chi connectivity index (χ1) is 9.87. The standard InChI is InChI=1S/C7H10O2.3C4H8/c1-6(8)4-3-5-7(2)9;3*1-3-4-2/h3-4H,5H2,1-2H3;3*3-4H,1-2H3/b4-3+;3*4-3-. The van der Waals surface area contributed by atoms with Crippen LogP contribution in [0, 0.1) is 0 Å². The molecule has 0 saturated carbocycles. The van der Waals surface area contributed by atoms with Crippen molar-refractivity contribution < 1.29 is 9.59 Å². The van der Waals surface area contributed by atoms with Gasteiger partial charge in [0.05, 0.1) is 0 Å². The van der Waals surface area contributed by atoms with Crippen molar-refractivity contribution in [1.29, 1.82) is 0 Å². The molecule has 0 aliphatic carbocycles. The minimum Gasteiger partial charge on any atom is -0.300 e. The Hall–Kier alpha value is -1.70. The van der Waals surface area contributed by atoms with Gasteiger partial charge in [-0.05, 0) is 61.5 Å². The van der Waals surface area contributed by atoms with Crippen LogP contribution in [0.3, 0.4) is 0 Å². The number of allylic oxidation sites excluding steroid dienone is 8. The lowest BCUT2D eigenvalue weighted by atomic mass is 10.3. The predicted molar refractivity (Wildman–Crippen MR) is 96.6 cm³/mol. The molecule has 0 amide bonds. The Bertz CT molecular complexity index is 283. The average Bonchev–Trinajstić information content (AvgIpc) is 2.47. The molecule has 0 aromatic rings. The van der Waals surface area contributed by atoms with E-state index in [0.29, 0.717) is 6.42 Å². The molecule has 0 rings (SSSR count). The summed E-state index contributed by atoms with van der Waals surface area (Å²) in [4.78, 5) is 20.5. The van der Waals surface area contributed by atoms with Gasteiger partial charge < -0.3 is 0 Å². The van der Waals surface area contributed by atoms with Gasteiger partial charge in [0.15, 0.2) is 5.78 Å². The molecule has 2 nitrogen and oxygen atoms in total. The lowest BCUT2D eigenvalue weighted by Gasteiger charge is -1.80. The van der Waals surface area contributed by atoms with E-state index >= 15 is 0 Å². The maximum Gasteiger partial charge on any atom is 0.152 e. The minimum atomic E-state index is -0.0174. The van der Waals surface area contributed by atoms with E-state index in [0.717, 1.165) is 0 Å². The molecule has 0 atom stereocenters. The Balaban J connectivity index is -0.000000102. The molecule has 0 heterocycles. The van der Waals surface area contributed by atoms with Crippen LogP contribution in [0.15, 0.2) is 48.6 Å². The first-order valence-electron chi connectivity index (χ1n) is 7.26. The highest BCUT2D eigenvalue weighted by Gasteiger charge is 1.86. The van der Waals surface area contributed by atoms with Crippen LogP contribution in [0.1, 0.15) is 61.8 Å². The van der Waals surface area contributed by atoms with Crippen molar-refractivity contribution in [2.45, 2.75) is 61.8 Å². The molecule has 0 fully saturated rings. The van der Waals surface area contributed by atoms with Crippen LogP contribution in [0.25, 0.3) is 0 Å². The van der Waals surface area contributed by atoms with Crippen LogP contribution >= 0.6 is 0 Å². The van der Waals surface area contributed by atoms with Crippen molar-refractivity contribution in [1.82, 2.24) is 0 Å². The third kappa shape index (κ3) is 91.2. The highest BCUT2D eigenvalue weighted by Crippen LogP contribution is 1.84. The number of Topliss-reactive ketones (excluding diaryl/α,β-unsaturated/α-hetero) is 1. The Morgan fingerprint density at radius 2 is 0.952 bits per heavy atom. The zero-order chi connectivity index (χ0) is 17.5. The highest BCUT2D eigenvalue weighted by molar-refractivity contribution is 5.88. The molecule has 0 radical (unpaired) electrons. The van der Waals surface area contributed by atoms with Crippen molar-refractivity contribution in [3.05, 3.63) is 48.6 Å². The van der Waals surface area contributed by atoms with Crippen LogP contribution in [0.5, 0.6) is 0 Å². The summed E-state index contributed by atoms with van der Waals surface area (Å²) in [5.74, 6) is 0.0590. The lowest BCUT2D eigenvalue weighted by Crippen LogP contribution is -1.86. The topological polar surface area (TPSA) is 34.1 Å². The fraction of sp³-hybridized carbons (Fsp3) is 0.474. The summed E-state index contributed by atoms with van der Waals surface area (Å²) in [5, 5.41) is 0. The molecule has 0 aromatic heterocycles. The monoisotopic (exact) mass is 294 g/mol. The smallest absolute Gasteiger partial charge is 0.152 e. The fourth-order valence-electron chi connectivity index (χ4n) is 0.391. The quantitative estimate of drug-likeness (QED) is 0.482. The summed E-state index contributed by atoms with van der Waals surface area (Å²) in [6, 6.07) is 0. The van der Waals surface area contributed by atoms with E-state index in [4.69, 9.17) is 0 Å². The van der Waals surface area contributed by atoms with Gasteiger partial charge in [0.1, 0.15) is 5.78 Å². The minimum absolute atomic E-state index is 0.0174. The van der Waals surface area contributed by atoms with E-state index in [1.54, 1.807) is 6.08 Å². The maximum absolute atomic E-state index is 10.3. The largest absolute Gasteiger partial charge is 0.300 e. The third-order valence-corrected chi connectivity index (χ3v) is 1.76. The average molecular weight is 294 g/mol. The fourth-order valence-corrected chi connectivity index (χ4v) is 0.391. The van der Waals surface area contributed by atoms with Crippen LogP contribution < -0.4 is 0 Å². The molecular weight excluding hydrogens is 260 g/mol. The molecule has 0 aliphatic heterocycles. The molecule has 0 aromatic carbocycles. The van der Waals surface area contributed by atoms with Crippen LogP contribution in [-0.4, -0.2) is 11.6 Å². The summed E-state index contributed by atoms with van der Waals surface area (Å²) in [6.07, 6.45) is 15.3. The molecule has 0 N–H and O–H groups in total. The second kappa shape index (κ2) is 31.0. The van der Waals surface area contributed by atoms with Gasteiger partial charge in [-0.15, -0.1) is 0 Å². The Kier molecular flexibility index (Phi) is 40.7. The van der Waals surface area contributed by atoms with Crippen LogP contribution in [0.2, 0.25) is 0 Å². The molecular formula is C19H34O2. The number of ketones is 2. The lowest BCUT2D eigenvalue weighted by molar-refractivity contribution is -0.116.